The van der Waals surface area contributed by atoms with E-state index in [1.54, 1.807) is 22.8 Å². The molecule has 1 N–H and O–H groups in total. The lowest BCUT2D eigenvalue weighted by Crippen LogP contribution is -2.34. The van der Waals surface area contributed by atoms with Gasteiger partial charge in [-0.25, -0.2) is 4.98 Å². The van der Waals surface area contributed by atoms with E-state index in [0.717, 1.165) is 6.42 Å². The van der Waals surface area contributed by atoms with Gasteiger partial charge in [0.25, 0.3) is 5.91 Å². The third kappa shape index (κ3) is 2.71. The monoisotopic (exact) mass is 306 g/mol. The van der Waals surface area contributed by atoms with Crippen LogP contribution in [0.25, 0.3) is 0 Å². The number of aliphatic hydroxyl groups is 1. The molecule has 6 nitrogen and oxygen atoms in total. The predicted molar refractivity (Wildman–Crippen MR) is 79.0 cm³/mol. The molecule has 3 heterocycles. The molecule has 2 aromatic heterocycles. The molecule has 3 rings (SSSR count). The Morgan fingerprint density at radius 3 is 2.95 bits per heavy atom. The van der Waals surface area contributed by atoms with Crippen LogP contribution in [0, 0.1) is 0 Å². The summed E-state index contributed by atoms with van der Waals surface area (Å²) in [5.74, 6) is 0.677. The topological polar surface area (TPSA) is 71.2 Å². The minimum Gasteiger partial charge on any atom is -0.382 e. The largest absolute Gasteiger partial charge is 0.382 e. The van der Waals surface area contributed by atoms with Crippen LogP contribution in [-0.2, 0) is 12.6 Å². The number of aromatic nitrogens is 3. The van der Waals surface area contributed by atoms with Crippen LogP contribution >= 0.6 is 11.3 Å². The van der Waals surface area contributed by atoms with Crippen LogP contribution in [0.2, 0.25) is 0 Å². The quantitative estimate of drug-likeness (QED) is 0.910. The number of likely N-dealkylation sites (tertiary alicyclic amines) is 1. The van der Waals surface area contributed by atoms with Crippen molar-refractivity contribution in [1.29, 1.82) is 0 Å². The first-order valence-corrected chi connectivity index (χ1v) is 7.86. The third-order valence-corrected chi connectivity index (χ3v) is 4.74. The molecule has 1 saturated heterocycles. The summed E-state index contributed by atoms with van der Waals surface area (Å²) >= 11 is 1.35. The highest BCUT2D eigenvalue weighted by Crippen LogP contribution is 2.32. The number of hydrogen-bond acceptors (Lipinski definition) is 5. The van der Waals surface area contributed by atoms with Crippen molar-refractivity contribution in [2.45, 2.75) is 24.9 Å². The molecule has 21 heavy (non-hydrogen) atoms. The van der Waals surface area contributed by atoms with Crippen molar-refractivity contribution >= 4 is 17.2 Å². The first-order valence-electron chi connectivity index (χ1n) is 6.98. The molecule has 0 aromatic carbocycles. The normalized spacial score (nSPS) is 23.0. The lowest BCUT2D eigenvalue weighted by atomic mass is 9.94. The number of rotatable bonds is 2. The van der Waals surface area contributed by atoms with Crippen molar-refractivity contribution in [1.82, 2.24) is 19.4 Å². The molecule has 0 aliphatic carbocycles. The summed E-state index contributed by atoms with van der Waals surface area (Å²) in [5.41, 5.74) is 0.705. The fourth-order valence-electron chi connectivity index (χ4n) is 2.84. The van der Waals surface area contributed by atoms with Gasteiger partial charge in [0, 0.05) is 39.0 Å². The van der Waals surface area contributed by atoms with Gasteiger partial charge in [-0.15, -0.1) is 11.3 Å². The number of carbonyl (C=O) groups is 1. The Hall–Kier alpha value is -1.73. The summed E-state index contributed by atoms with van der Waals surface area (Å²) in [6, 6.07) is 0. The second kappa shape index (κ2) is 5.57. The number of nitrogens with zero attached hydrogens (tertiary/aromatic N) is 4. The maximum atomic E-state index is 12.4. The number of amides is 1. The Morgan fingerprint density at radius 2 is 2.29 bits per heavy atom. The highest BCUT2D eigenvalue weighted by molar-refractivity contribution is 7.11. The van der Waals surface area contributed by atoms with Crippen LogP contribution in [0.3, 0.4) is 0 Å². The molecule has 7 heteroatoms. The second-order valence-corrected chi connectivity index (χ2v) is 6.29. The average molecular weight is 306 g/mol. The molecule has 0 spiro atoms. The maximum absolute atomic E-state index is 12.4. The smallest absolute Gasteiger partial charge is 0.265 e. The van der Waals surface area contributed by atoms with E-state index in [1.165, 1.54) is 11.3 Å². The van der Waals surface area contributed by atoms with Crippen molar-refractivity contribution in [3.63, 3.8) is 0 Å². The van der Waals surface area contributed by atoms with Gasteiger partial charge >= 0.3 is 0 Å². The van der Waals surface area contributed by atoms with Gasteiger partial charge in [0.15, 0.2) is 0 Å². The van der Waals surface area contributed by atoms with Gasteiger partial charge in [0.1, 0.15) is 16.3 Å². The van der Waals surface area contributed by atoms with Crippen molar-refractivity contribution in [2.24, 2.45) is 7.05 Å². The molecule has 1 fully saturated rings. The van der Waals surface area contributed by atoms with E-state index in [-0.39, 0.29) is 5.91 Å². The lowest BCUT2D eigenvalue weighted by Gasteiger charge is -2.26. The summed E-state index contributed by atoms with van der Waals surface area (Å²) < 4.78 is 1.85. The second-order valence-electron chi connectivity index (χ2n) is 5.40. The number of aryl methyl sites for hydroxylation is 1. The lowest BCUT2D eigenvalue weighted by molar-refractivity contribution is 0.0102. The van der Waals surface area contributed by atoms with Gasteiger partial charge in [-0.3, -0.25) is 9.78 Å². The summed E-state index contributed by atoms with van der Waals surface area (Å²) in [4.78, 5) is 23.0. The zero-order valence-corrected chi connectivity index (χ0v) is 12.7. The Kier molecular flexibility index (Phi) is 3.77. The first kappa shape index (κ1) is 14.2. The van der Waals surface area contributed by atoms with Gasteiger partial charge in [0.2, 0.25) is 0 Å². The van der Waals surface area contributed by atoms with Crippen molar-refractivity contribution in [3.05, 3.63) is 34.8 Å². The maximum Gasteiger partial charge on any atom is 0.265 e. The van der Waals surface area contributed by atoms with Crippen LogP contribution in [0.4, 0.5) is 0 Å². The molecule has 1 atom stereocenters. The molecular weight excluding hydrogens is 288 g/mol. The molecule has 1 amide bonds. The van der Waals surface area contributed by atoms with E-state index < -0.39 is 5.60 Å². The van der Waals surface area contributed by atoms with Gasteiger partial charge in [-0.1, -0.05) is 0 Å². The van der Waals surface area contributed by atoms with Gasteiger partial charge in [0.05, 0.1) is 11.7 Å². The molecule has 1 unspecified atom stereocenters. The molecule has 1 aliphatic heterocycles. The van der Waals surface area contributed by atoms with Crippen molar-refractivity contribution < 1.29 is 9.90 Å². The zero-order chi connectivity index (χ0) is 14.9. The summed E-state index contributed by atoms with van der Waals surface area (Å²) in [5, 5.41) is 10.9. The number of carbonyl (C=O) groups excluding carboxylic acids is 1. The van der Waals surface area contributed by atoms with Gasteiger partial charge in [-0.2, -0.15) is 0 Å². The Morgan fingerprint density at radius 1 is 1.43 bits per heavy atom. The zero-order valence-electron chi connectivity index (χ0n) is 11.9. The van der Waals surface area contributed by atoms with E-state index >= 15 is 0 Å². The van der Waals surface area contributed by atoms with Crippen molar-refractivity contribution in [2.75, 3.05) is 13.1 Å². The van der Waals surface area contributed by atoms with E-state index in [9.17, 15) is 9.90 Å². The SMILES string of the molecule is Cn1ccnc1C1(O)CCCN(C(=O)c2cncs2)CC1. The minimum absolute atomic E-state index is 0.00147. The Labute approximate surface area is 127 Å². The summed E-state index contributed by atoms with van der Waals surface area (Å²) in [7, 11) is 1.88. The molecule has 0 saturated carbocycles. The average Bonchev–Trinajstić information content (AvgIpc) is 3.09. The molecule has 0 bridgehead atoms. The number of thiazole rings is 1. The van der Waals surface area contributed by atoms with Gasteiger partial charge < -0.3 is 14.6 Å². The highest BCUT2D eigenvalue weighted by Gasteiger charge is 2.36. The van der Waals surface area contributed by atoms with E-state index in [2.05, 4.69) is 9.97 Å². The van der Waals surface area contributed by atoms with Crippen LogP contribution in [0.1, 0.15) is 34.8 Å². The fourth-order valence-corrected chi connectivity index (χ4v) is 3.42. The molecule has 0 radical (unpaired) electrons. The molecule has 2 aromatic rings. The summed E-state index contributed by atoms with van der Waals surface area (Å²) in [6.45, 7) is 1.18. The fraction of sp³-hybridized carbons (Fsp3) is 0.500. The van der Waals surface area contributed by atoms with Crippen LogP contribution in [0.5, 0.6) is 0 Å². The van der Waals surface area contributed by atoms with Crippen molar-refractivity contribution in [3.8, 4) is 0 Å². The van der Waals surface area contributed by atoms with E-state index in [1.807, 2.05) is 17.8 Å². The minimum atomic E-state index is -0.957. The van der Waals surface area contributed by atoms with E-state index in [4.69, 9.17) is 0 Å². The highest BCUT2D eigenvalue weighted by atomic mass is 32.1. The number of imidazole rings is 1. The Bertz CT molecular complexity index is 625. The van der Waals surface area contributed by atoms with Crippen LogP contribution in [0.15, 0.2) is 24.1 Å². The van der Waals surface area contributed by atoms with E-state index in [0.29, 0.717) is 36.6 Å². The van der Waals surface area contributed by atoms with Crippen LogP contribution in [-0.4, -0.2) is 43.5 Å². The summed E-state index contributed by atoms with van der Waals surface area (Å²) in [6.07, 6.45) is 7.00. The molecular formula is C14H18N4O2S. The van der Waals surface area contributed by atoms with Crippen LogP contribution < -0.4 is 0 Å². The van der Waals surface area contributed by atoms with Gasteiger partial charge in [-0.05, 0) is 12.8 Å². The predicted octanol–water partition coefficient (Wildman–Crippen LogP) is 1.39. The number of hydrogen-bond donors (Lipinski definition) is 1. The molecule has 1 aliphatic rings. The first-order chi connectivity index (χ1) is 10.1. The Balaban J connectivity index is 1.75. The standard InChI is InChI=1S/C14H18N4O2S/c1-17-8-5-16-13(17)14(20)3-2-6-18(7-4-14)12(19)11-9-15-10-21-11/h5,8-10,20H,2-4,6-7H2,1H3. The molecule has 112 valence electrons. The third-order valence-electron chi connectivity index (χ3n) is 3.98.